The van der Waals surface area contributed by atoms with Gasteiger partial charge in [-0.15, -0.1) is 0 Å². The van der Waals surface area contributed by atoms with Crippen molar-refractivity contribution in [2.45, 2.75) is 6.54 Å². The lowest BCUT2D eigenvalue weighted by atomic mass is 10.1. The maximum atomic E-state index is 12.3. The molecule has 8 heteroatoms. The van der Waals surface area contributed by atoms with Crippen molar-refractivity contribution in [3.8, 4) is 11.8 Å². The molecule has 0 aliphatic heterocycles. The molecule has 0 saturated heterocycles. The van der Waals surface area contributed by atoms with E-state index in [0.717, 1.165) is 11.6 Å². The van der Waals surface area contributed by atoms with Crippen LogP contribution in [-0.4, -0.2) is 16.8 Å². The van der Waals surface area contributed by atoms with E-state index < -0.39 is 16.8 Å². The monoisotopic (exact) mass is 427 g/mol. The Hall–Kier alpha value is -4.77. The Morgan fingerprint density at radius 2 is 1.75 bits per heavy atom. The average molecular weight is 427 g/mol. The van der Waals surface area contributed by atoms with Gasteiger partial charge < -0.3 is 10.1 Å². The molecular formula is C24H17N3O5. The summed E-state index contributed by atoms with van der Waals surface area (Å²) in [6.07, 6.45) is 1.42. The van der Waals surface area contributed by atoms with Gasteiger partial charge in [0.2, 0.25) is 0 Å². The highest BCUT2D eigenvalue weighted by atomic mass is 16.6. The fraction of sp³-hybridized carbons (Fsp3) is 0.0417. The molecule has 3 aromatic rings. The van der Waals surface area contributed by atoms with Crippen molar-refractivity contribution in [1.29, 1.82) is 5.26 Å². The number of hydrogen-bond donors (Lipinski definition) is 1. The Morgan fingerprint density at radius 1 is 1.03 bits per heavy atom. The number of non-ortho nitro benzene ring substituents is 1. The molecular weight excluding hydrogens is 410 g/mol. The first-order chi connectivity index (χ1) is 15.5. The van der Waals surface area contributed by atoms with Crippen LogP contribution in [0.1, 0.15) is 21.5 Å². The van der Waals surface area contributed by atoms with Crippen molar-refractivity contribution in [3.05, 3.63) is 111 Å². The lowest BCUT2D eigenvalue weighted by Crippen LogP contribution is -2.23. The predicted octanol–water partition coefficient (Wildman–Crippen LogP) is 4.04. The zero-order valence-corrected chi connectivity index (χ0v) is 16.7. The van der Waals surface area contributed by atoms with Gasteiger partial charge in [-0.2, -0.15) is 5.26 Å². The Balaban J connectivity index is 1.64. The van der Waals surface area contributed by atoms with Crippen molar-refractivity contribution in [1.82, 2.24) is 5.32 Å². The van der Waals surface area contributed by atoms with Gasteiger partial charge in [-0.25, -0.2) is 4.79 Å². The van der Waals surface area contributed by atoms with Gasteiger partial charge in [0.05, 0.1) is 10.5 Å². The van der Waals surface area contributed by atoms with E-state index >= 15 is 0 Å². The molecule has 3 aromatic carbocycles. The highest BCUT2D eigenvalue weighted by Gasteiger charge is 2.14. The molecule has 0 aliphatic rings. The average Bonchev–Trinajstić information content (AvgIpc) is 2.82. The van der Waals surface area contributed by atoms with Crippen LogP contribution < -0.4 is 10.1 Å². The van der Waals surface area contributed by atoms with E-state index in [9.17, 15) is 25.0 Å². The van der Waals surface area contributed by atoms with Gasteiger partial charge in [0.1, 0.15) is 17.4 Å². The second-order valence-electron chi connectivity index (χ2n) is 6.60. The zero-order chi connectivity index (χ0) is 22.9. The smallest absolute Gasteiger partial charge is 0.343 e. The minimum Gasteiger partial charge on any atom is -0.423 e. The lowest BCUT2D eigenvalue weighted by molar-refractivity contribution is -0.384. The molecule has 1 amide bonds. The number of ether oxygens (including phenoxy) is 1. The molecule has 0 aromatic heterocycles. The molecule has 8 nitrogen and oxygen atoms in total. The summed E-state index contributed by atoms with van der Waals surface area (Å²) in [5.74, 6) is -1.03. The van der Waals surface area contributed by atoms with Crippen LogP contribution in [0, 0.1) is 21.4 Å². The normalized spacial score (nSPS) is 10.7. The van der Waals surface area contributed by atoms with Crippen LogP contribution in [0.4, 0.5) is 5.69 Å². The summed E-state index contributed by atoms with van der Waals surface area (Å²) in [5.41, 5.74) is 1.24. The quantitative estimate of drug-likeness (QED) is 0.152. The summed E-state index contributed by atoms with van der Waals surface area (Å²) in [5, 5.41) is 22.9. The predicted molar refractivity (Wildman–Crippen MR) is 116 cm³/mol. The highest BCUT2D eigenvalue weighted by Crippen LogP contribution is 2.18. The largest absolute Gasteiger partial charge is 0.423 e. The molecule has 0 saturated carbocycles. The first-order valence-electron chi connectivity index (χ1n) is 9.47. The van der Waals surface area contributed by atoms with Crippen LogP contribution >= 0.6 is 0 Å². The number of carbonyl (C=O) groups is 2. The molecule has 0 aliphatic carbocycles. The lowest BCUT2D eigenvalue weighted by Gasteiger charge is -2.06. The maximum Gasteiger partial charge on any atom is 0.343 e. The van der Waals surface area contributed by atoms with Crippen molar-refractivity contribution < 1.29 is 19.2 Å². The minimum absolute atomic E-state index is 0.0463. The first kappa shape index (κ1) is 21.9. The topological polar surface area (TPSA) is 122 Å². The Kier molecular flexibility index (Phi) is 7.07. The standard InChI is InChI=1S/C24H17N3O5/c25-15-20(23(28)26-16-18-5-2-1-3-6-18)13-17-9-11-22(12-10-17)32-24(29)19-7-4-8-21(14-19)27(30)31/h1-14H,16H2,(H,26,28)/b20-13+. The number of nitro groups is 1. The fourth-order valence-corrected chi connectivity index (χ4v) is 2.73. The van der Waals surface area contributed by atoms with Gasteiger partial charge in [-0.05, 0) is 35.4 Å². The molecule has 3 rings (SSSR count). The summed E-state index contributed by atoms with van der Waals surface area (Å²) in [6, 6.07) is 22.6. The van der Waals surface area contributed by atoms with Crippen LogP contribution in [-0.2, 0) is 11.3 Å². The number of nitro benzene ring substituents is 1. The van der Waals surface area contributed by atoms with Crippen molar-refractivity contribution in [2.24, 2.45) is 0 Å². The van der Waals surface area contributed by atoms with E-state index in [4.69, 9.17) is 4.74 Å². The molecule has 0 fully saturated rings. The van der Waals surface area contributed by atoms with E-state index in [1.807, 2.05) is 36.4 Å². The van der Waals surface area contributed by atoms with Crippen molar-refractivity contribution >= 4 is 23.6 Å². The Labute approximate surface area is 183 Å². The third-order valence-electron chi connectivity index (χ3n) is 4.36. The van der Waals surface area contributed by atoms with Gasteiger partial charge in [0.15, 0.2) is 0 Å². The van der Waals surface area contributed by atoms with E-state index in [1.165, 1.54) is 36.4 Å². The number of carbonyl (C=O) groups excluding carboxylic acids is 2. The number of hydrogen-bond acceptors (Lipinski definition) is 6. The van der Waals surface area contributed by atoms with Gasteiger partial charge >= 0.3 is 5.97 Å². The number of nitrogens with zero attached hydrogens (tertiary/aromatic N) is 2. The molecule has 0 bridgehead atoms. The van der Waals surface area contributed by atoms with Crippen LogP contribution in [0.5, 0.6) is 5.75 Å². The van der Waals surface area contributed by atoms with E-state index in [0.29, 0.717) is 12.1 Å². The van der Waals surface area contributed by atoms with Crippen molar-refractivity contribution in [3.63, 3.8) is 0 Å². The molecule has 0 heterocycles. The van der Waals surface area contributed by atoms with Gasteiger partial charge in [-0.1, -0.05) is 48.5 Å². The van der Waals surface area contributed by atoms with Gasteiger partial charge in [-0.3, -0.25) is 14.9 Å². The molecule has 0 spiro atoms. The summed E-state index contributed by atoms with van der Waals surface area (Å²) in [7, 11) is 0. The Morgan fingerprint density at radius 3 is 2.41 bits per heavy atom. The minimum atomic E-state index is -0.741. The third-order valence-corrected chi connectivity index (χ3v) is 4.36. The first-order valence-corrected chi connectivity index (χ1v) is 9.47. The summed E-state index contributed by atoms with van der Waals surface area (Å²) < 4.78 is 5.23. The molecule has 32 heavy (non-hydrogen) atoms. The Bertz CT molecular complexity index is 1210. The number of esters is 1. The van der Waals surface area contributed by atoms with Crippen molar-refractivity contribution in [2.75, 3.05) is 0 Å². The van der Waals surface area contributed by atoms with Crippen LogP contribution in [0.25, 0.3) is 6.08 Å². The molecule has 0 atom stereocenters. The third kappa shape index (κ3) is 5.87. The SMILES string of the molecule is N#C/C(=C\c1ccc(OC(=O)c2cccc([N+](=O)[O-])c2)cc1)C(=O)NCc1ccccc1. The van der Waals surface area contributed by atoms with Gasteiger partial charge in [0.25, 0.3) is 11.6 Å². The fourth-order valence-electron chi connectivity index (χ4n) is 2.73. The molecule has 0 unspecified atom stereocenters. The number of rotatable bonds is 7. The number of nitrogens with one attached hydrogen (secondary N) is 1. The number of nitriles is 1. The van der Waals surface area contributed by atoms with Crippen LogP contribution in [0.3, 0.4) is 0 Å². The summed E-state index contributed by atoms with van der Waals surface area (Å²) in [6.45, 7) is 0.297. The number of benzene rings is 3. The summed E-state index contributed by atoms with van der Waals surface area (Å²) in [4.78, 5) is 34.7. The van der Waals surface area contributed by atoms with Gasteiger partial charge in [0, 0.05) is 18.7 Å². The van der Waals surface area contributed by atoms with E-state index in [1.54, 1.807) is 12.1 Å². The second-order valence-corrected chi connectivity index (χ2v) is 6.60. The van der Waals surface area contributed by atoms with E-state index in [2.05, 4.69) is 5.32 Å². The number of amides is 1. The van der Waals surface area contributed by atoms with Crippen LogP contribution in [0.2, 0.25) is 0 Å². The molecule has 0 radical (unpaired) electrons. The zero-order valence-electron chi connectivity index (χ0n) is 16.7. The highest BCUT2D eigenvalue weighted by molar-refractivity contribution is 6.01. The molecule has 158 valence electrons. The van der Waals surface area contributed by atoms with E-state index in [-0.39, 0.29) is 22.6 Å². The second kappa shape index (κ2) is 10.3. The molecule has 1 N–H and O–H groups in total. The van der Waals surface area contributed by atoms with Crippen LogP contribution in [0.15, 0.2) is 84.4 Å². The summed E-state index contributed by atoms with van der Waals surface area (Å²) >= 11 is 0. The maximum absolute atomic E-state index is 12.3.